The van der Waals surface area contributed by atoms with Crippen molar-refractivity contribution in [2.45, 2.75) is 30.2 Å². The van der Waals surface area contributed by atoms with Gasteiger partial charge < -0.3 is 5.32 Å². The van der Waals surface area contributed by atoms with Gasteiger partial charge in [0, 0.05) is 16.8 Å². The van der Waals surface area contributed by atoms with Crippen molar-refractivity contribution in [3.8, 4) is 16.5 Å². The first-order chi connectivity index (χ1) is 16.1. The lowest BCUT2D eigenvalue weighted by Gasteiger charge is -2.45. The standard InChI is InChI=1S/C25H24N4O3S2/c1-4-34(31,32)19-10-8-17(9-11-19)22-23(30)29(3)24(27)28-25(22,2)21-13-12-20(33-21)18-7-5-6-16(14-18)15-26/h5-14,22H,4H2,1-3H3,(H2,27,28)/t22-,25+/m0/s1. The lowest BCUT2D eigenvalue weighted by Crippen LogP contribution is -2.62. The molecule has 2 aromatic carbocycles. The monoisotopic (exact) mass is 492 g/mol. The molecule has 34 heavy (non-hydrogen) atoms. The third-order valence-corrected chi connectivity index (χ3v) is 9.34. The van der Waals surface area contributed by atoms with Crippen molar-refractivity contribution < 1.29 is 13.2 Å². The van der Waals surface area contributed by atoms with E-state index in [0.717, 1.165) is 15.3 Å². The third-order valence-electron chi connectivity index (χ3n) is 6.21. The van der Waals surface area contributed by atoms with E-state index in [4.69, 9.17) is 5.41 Å². The number of nitriles is 1. The summed E-state index contributed by atoms with van der Waals surface area (Å²) in [6, 6.07) is 19.8. The normalized spacial score (nSPS) is 20.6. The smallest absolute Gasteiger partial charge is 0.239 e. The summed E-state index contributed by atoms with van der Waals surface area (Å²) in [5, 5.41) is 20.8. The quantitative estimate of drug-likeness (QED) is 0.557. The fraction of sp³-hybridized carbons (Fsp3) is 0.240. The first-order valence-electron chi connectivity index (χ1n) is 10.7. The van der Waals surface area contributed by atoms with Crippen molar-refractivity contribution in [2.75, 3.05) is 12.8 Å². The molecule has 174 valence electrons. The molecule has 2 N–H and O–H groups in total. The maximum Gasteiger partial charge on any atom is 0.239 e. The van der Waals surface area contributed by atoms with Gasteiger partial charge in [0.15, 0.2) is 15.8 Å². The largest absolute Gasteiger partial charge is 0.345 e. The van der Waals surface area contributed by atoms with Crippen LogP contribution in [0.3, 0.4) is 0 Å². The predicted octanol–water partition coefficient (Wildman–Crippen LogP) is 4.08. The maximum atomic E-state index is 13.4. The van der Waals surface area contributed by atoms with Gasteiger partial charge in [-0.1, -0.05) is 31.2 Å². The average Bonchev–Trinajstić information content (AvgIpc) is 3.34. The van der Waals surface area contributed by atoms with Crippen LogP contribution in [0.4, 0.5) is 0 Å². The zero-order valence-electron chi connectivity index (χ0n) is 19.0. The Morgan fingerprint density at radius 2 is 1.88 bits per heavy atom. The SMILES string of the molecule is CCS(=O)(=O)c1ccc([C@H]2C(=O)N(C)C(=N)N[C@]2(C)c2ccc(-c3cccc(C#N)c3)s2)cc1. The predicted molar refractivity (Wildman–Crippen MR) is 132 cm³/mol. The van der Waals surface area contributed by atoms with Gasteiger partial charge in [-0.25, -0.2) is 8.42 Å². The average molecular weight is 493 g/mol. The summed E-state index contributed by atoms with van der Waals surface area (Å²) < 4.78 is 24.5. The van der Waals surface area contributed by atoms with Crippen LogP contribution in [0.15, 0.2) is 65.6 Å². The number of benzene rings is 2. The Labute approximate surface area is 203 Å². The van der Waals surface area contributed by atoms with Gasteiger partial charge in [0.05, 0.1) is 33.7 Å². The molecular formula is C25H24N4O3S2. The van der Waals surface area contributed by atoms with E-state index in [1.807, 2.05) is 37.3 Å². The Morgan fingerprint density at radius 1 is 1.18 bits per heavy atom. The number of amides is 1. The van der Waals surface area contributed by atoms with Crippen LogP contribution in [0, 0.1) is 16.7 Å². The van der Waals surface area contributed by atoms with Crippen LogP contribution >= 0.6 is 11.3 Å². The van der Waals surface area contributed by atoms with Crippen LogP contribution in [0.2, 0.25) is 0 Å². The van der Waals surface area contributed by atoms with Crippen LogP contribution in [0.25, 0.3) is 10.4 Å². The Morgan fingerprint density at radius 3 is 2.53 bits per heavy atom. The van der Waals surface area contributed by atoms with Crippen molar-refractivity contribution >= 4 is 33.0 Å². The zero-order valence-corrected chi connectivity index (χ0v) is 20.6. The van der Waals surface area contributed by atoms with E-state index in [9.17, 15) is 18.5 Å². The number of thiophene rings is 1. The summed E-state index contributed by atoms with van der Waals surface area (Å²) in [5.41, 5.74) is 1.20. The van der Waals surface area contributed by atoms with Gasteiger partial charge in [-0.2, -0.15) is 5.26 Å². The molecule has 2 heterocycles. The summed E-state index contributed by atoms with van der Waals surface area (Å²) in [7, 11) is -1.81. The van der Waals surface area contributed by atoms with Crippen LogP contribution in [0.5, 0.6) is 0 Å². The molecule has 1 aliphatic rings. The highest BCUT2D eigenvalue weighted by Gasteiger charge is 2.49. The molecule has 0 bridgehead atoms. The van der Waals surface area contributed by atoms with Crippen LogP contribution in [-0.4, -0.2) is 38.0 Å². The van der Waals surface area contributed by atoms with Crippen molar-refractivity contribution in [3.63, 3.8) is 0 Å². The van der Waals surface area contributed by atoms with E-state index in [1.165, 1.54) is 28.4 Å². The minimum absolute atomic E-state index is 0.00114. The third kappa shape index (κ3) is 4.00. The minimum atomic E-state index is -3.36. The first-order valence-corrected chi connectivity index (χ1v) is 13.2. The van der Waals surface area contributed by atoms with Crippen LogP contribution in [-0.2, 0) is 20.2 Å². The van der Waals surface area contributed by atoms with E-state index in [0.29, 0.717) is 11.1 Å². The highest BCUT2D eigenvalue weighted by atomic mass is 32.2. The van der Waals surface area contributed by atoms with Gasteiger partial charge in [0.2, 0.25) is 5.91 Å². The molecule has 2 atom stereocenters. The summed E-state index contributed by atoms with van der Waals surface area (Å²) in [4.78, 5) is 16.7. The number of carbonyl (C=O) groups is 1. The Bertz CT molecular complexity index is 1420. The fourth-order valence-corrected chi connectivity index (χ4v) is 6.20. The van der Waals surface area contributed by atoms with Crippen molar-refractivity contribution in [2.24, 2.45) is 0 Å². The highest BCUT2D eigenvalue weighted by Crippen LogP contribution is 2.45. The number of sulfone groups is 1. The molecule has 0 spiro atoms. The number of hydrogen-bond donors (Lipinski definition) is 2. The number of nitrogens with one attached hydrogen (secondary N) is 2. The highest BCUT2D eigenvalue weighted by molar-refractivity contribution is 7.91. The van der Waals surface area contributed by atoms with Crippen molar-refractivity contribution in [3.05, 3.63) is 76.7 Å². The lowest BCUT2D eigenvalue weighted by molar-refractivity contribution is -0.131. The van der Waals surface area contributed by atoms with E-state index < -0.39 is 21.3 Å². The molecule has 9 heteroatoms. The Kier molecular flexibility index (Phi) is 6.06. The van der Waals surface area contributed by atoms with E-state index >= 15 is 0 Å². The van der Waals surface area contributed by atoms with E-state index in [2.05, 4.69) is 11.4 Å². The maximum absolute atomic E-state index is 13.4. The zero-order chi connectivity index (χ0) is 24.7. The second kappa shape index (κ2) is 8.70. The van der Waals surface area contributed by atoms with Gasteiger partial charge in [0.25, 0.3) is 0 Å². The molecule has 1 amide bonds. The topological polar surface area (TPSA) is 114 Å². The van der Waals surface area contributed by atoms with Crippen molar-refractivity contribution in [1.82, 2.24) is 10.2 Å². The van der Waals surface area contributed by atoms with Gasteiger partial charge in [-0.3, -0.25) is 15.1 Å². The van der Waals surface area contributed by atoms with Gasteiger partial charge in [-0.15, -0.1) is 11.3 Å². The molecule has 0 radical (unpaired) electrons. The molecule has 0 saturated carbocycles. The van der Waals surface area contributed by atoms with Crippen molar-refractivity contribution in [1.29, 1.82) is 10.7 Å². The van der Waals surface area contributed by atoms with Gasteiger partial charge in [0.1, 0.15) is 0 Å². The summed E-state index contributed by atoms with van der Waals surface area (Å²) >= 11 is 1.49. The van der Waals surface area contributed by atoms with E-state index in [-0.39, 0.29) is 22.5 Å². The second-order valence-corrected chi connectivity index (χ2v) is 11.7. The molecule has 0 aliphatic carbocycles. The molecule has 1 aromatic heterocycles. The van der Waals surface area contributed by atoms with Crippen LogP contribution in [0.1, 0.15) is 35.8 Å². The molecule has 0 unspecified atom stereocenters. The summed E-state index contributed by atoms with van der Waals surface area (Å²) in [6.07, 6.45) is 0. The fourth-order valence-electron chi connectivity index (χ4n) is 4.18. The Balaban J connectivity index is 1.79. The number of likely N-dealkylation sites (N-methyl/N-ethyl adjacent to an activating group) is 1. The Hall–Kier alpha value is -3.48. The summed E-state index contributed by atoms with van der Waals surface area (Å²) in [5.74, 6) is -0.935. The number of hydrogen-bond acceptors (Lipinski definition) is 6. The first kappa shape index (κ1) is 23.7. The lowest BCUT2D eigenvalue weighted by atomic mass is 9.77. The van der Waals surface area contributed by atoms with Gasteiger partial charge >= 0.3 is 0 Å². The molecule has 1 fully saturated rings. The van der Waals surface area contributed by atoms with Gasteiger partial charge in [-0.05, 0) is 54.4 Å². The second-order valence-electron chi connectivity index (χ2n) is 8.34. The van der Waals surface area contributed by atoms with Crippen LogP contribution < -0.4 is 5.32 Å². The number of rotatable bonds is 5. The molecular weight excluding hydrogens is 468 g/mol. The minimum Gasteiger partial charge on any atom is -0.345 e. The van der Waals surface area contributed by atoms with E-state index in [1.54, 1.807) is 32.2 Å². The molecule has 4 rings (SSSR count). The molecule has 1 saturated heterocycles. The molecule has 7 nitrogen and oxygen atoms in total. The number of guanidine groups is 1. The number of carbonyl (C=O) groups excluding carboxylic acids is 1. The molecule has 3 aromatic rings. The summed E-state index contributed by atoms with van der Waals surface area (Å²) in [6.45, 7) is 3.48. The molecule has 1 aliphatic heterocycles. The number of nitrogens with zero attached hydrogens (tertiary/aromatic N) is 2.